The van der Waals surface area contributed by atoms with Crippen LogP contribution >= 0.6 is 23.2 Å². The maximum atomic E-state index is 11.2. The fourth-order valence-electron chi connectivity index (χ4n) is 1.26. The van der Waals surface area contributed by atoms with Crippen molar-refractivity contribution in [1.82, 2.24) is 10.6 Å². The molecule has 0 spiro atoms. The van der Waals surface area contributed by atoms with Gasteiger partial charge in [-0.05, 0) is 24.1 Å². The van der Waals surface area contributed by atoms with Crippen molar-refractivity contribution in [3.8, 4) is 0 Å². The molecule has 0 unspecified atom stereocenters. The van der Waals surface area contributed by atoms with Crippen molar-refractivity contribution < 1.29 is 4.79 Å². The quantitative estimate of drug-likeness (QED) is 0.795. The summed E-state index contributed by atoms with van der Waals surface area (Å²) in [4.78, 5) is 11.2. The number of amides is 2. The van der Waals surface area contributed by atoms with Gasteiger partial charge in [0, 0.05) is 23.1 Å². The lowest BCUT2D eigenvalue weighted by atomic mass is 10.1. The highest BCUT2D eigenvalue weighted by Crippen LogP contribution is 2.20. The van der Waals surface area contributed by atoms with Gasteiger partial charge >= 0.3 is 6.03 Å². The van der Waals surface area contributed by atoms with Gasteiger partial charge < -0.3 is 10.6 Å². The van der Waals surface area contributed by atoms with E-state index < -0.39 is 0 Å². The van der Waals surface area contributed by atoms with Crippen LogP contribution in [0.15, 0.2) is 30.9 Å². The summed E-state index contributed by atoms with van der Waals surface area (Å²) < 4.78 is 0. The normalized spacial score (nSPS) is 9.76. The number of carbonyl (C=O) groups excluding carboxylic acids is 1. The number of hydrogen-bond donors (Lipinski definition) is 2. The topological polar surface area (TPSA) is 41.1 Å². The fraction of sp³-hybridized carbons (Fsp3) is 0.250. The third kappa shape index (κ3) is 5.11. The van der Waals surface area contributed by atoms with Crippen LogP contribution in [0.25, 0.3) is 0 Å². The number of nitrogens with one attached hydrogen (secondary N) is 2. The van der Waals surface area contributed by atoms with Crippen LogP contribution in [0.3, 0.4) is 0 Å². The minimum atomic E-state index is -0.213. The second kappa shape index (κ2) is 7.20. The first-order chi connectivity index (χ1) is 8.13. The monoisotopic (exact) mass is 272 g/mol. The van der Waals surface area contributed by atoms with E-state index in [2.05, 4.69) is 17.2 Å². The minimum Gasteiger partial charge on any atom is -0.338 e. The Hall–Kier alpha value is -1.19. The van der Waals surface area contributed by atoms with Gasteiger partial charge in [0.1, 0.15) is 0 Å². The van der Waals surface area contributed by atoms with Crippen LogP contribution in [0.4, 0.5) is 4.79 Å². The molecule has 1 aromatic rings. The Balaban J connectivity index is 2.35. The summed E-state index contributed by atoms with van der Waals surface area (Å²) in [6.07, 6.45) is 2.28. The summed E-state index contributed by atoms with van der Waals surface area (Å²) in [5, 5.41) is 6.56. The lowest BCUT2D eigenvalue weighted by molar-refractivity contribution is 0.242. The average Bonchev–Trinajstić information content (AvgIpc) is 2.29. The molecule has 2 N–H and O–H groups in total. The van der Waals surface area contributed by atoms with Crippen molar-refractivity contribution in [2.24, 2.45) is 0 Å². The zero-order valence-electron chi connectivity index (χ0n) is 9.30. The van der Waals surface area contributed by atoms with Crippen molar-refractivity contribution >= 4 is 29.2 Å². The summed E-state index contributed by atoms with van der Waals surface area (Å²) in [5.41, 5.74) is 0.958. The number of halogens is 2. The van der Waals surface area contributed by atoms with Crippen LogP contribution in [0.2, 0.25) is 10.0 Å². The van der Waals surface area contributed by atoms with Gasteiger partial charge in [0.2, 0.25) is 0 Å². The zero-order chi connectivity index (χ0) is 12.7. The largest absolute Gasteiger partial charge is 0.338 e. The lowest BCUT2D eigenvalue weighted by Gasteiger charge is -2.07. The Bertz CT molecular complexity index is 407. The van der Waals surface area contributed by atoms with E-state index in [1.165, 1.54) is 0 Å². The Morgan fingerprint density at radius 1 is 1.35 bits per heavy atom. The predicted molar refractivity (Wildman–Crippen MR) is 71.8 cm³/mol. The molecule has 0 aliphatic rings. The molecular formula is C12H14Cl2N2O. The number of benzene rings is 1. The summed E-state index contributed by atoms with van der Waals surface area (Å²) in [6, 6.07) is 5.11. The molecule has 0 aliphatic carbocycles. The summed E-state index contributed by atoms with van der Waals surface area (Å²) >= 11 is 11.8. The van der Waals surface area contributed by atoms with Crippen molar-refractivity contribution in [2.45, 2.75) is 6.42 Å². The molecule has 1 rings (SSSR count). The van der Waals surface area contributed by atoms with E-state index in [0.29, 0.717) is 29.6 Å². The molecule has 0 saturated carbocycles. The van der Waals surface area contributed by atoms with Gasteiger partial charge in [0.15, 0.2) is 0 Å². The van der Waals surface area contributed by atoms with Gasteiger partial charge in [-0.2, -0.15) is 0 Å². The third-order valence-electron chi connectivity index (χ3n) is 2.10. The molecule has 17 heavy (non-hydrogen) atoms. The highest BCUT2D eigenvalue weighted by Gasteiger charge is 2.02. The second-order valence-electron chi connectivity index (χ2n) is 3.41. The van der Waals surface area contributed by atoms with E-state index in [-0.39, 0.29) is 6.03 Å². The molecule has 0 bridgehead atoms. The standard InChI is InChI=1S/C12H14Cl2N2O/c1-2-6-15-12(17)16-7-5-9-3-4-10(13)8-11(9)14/h2-4,8H,1,5-7H2,(H2,15,16,17). The molecular weight excluding hydrogens is 259 g/mol. The minimum absolute atomic E-state index is 0.213. The molecule has 0 radical (unpaired) electrons. The first-order valence-corrected chi connectivity index (χ1v) is 5.95. The van der Waals surface area contributed by atoms with Gasteiger partial charge in [-0.15, -0.1) is 6.58 Å². The second-order valence-corrected chi connectivity index (χ2v) is 4.25. The summed E-state index contributed by atoms with van der Waals surface area (Å²) in [5.74, 6) is 0. The van der Waals surface area contributed by atoms with Crippen LogP contribution in [0.1, 0.15) is 5.56 Å². The first kappa shape index (κ1) is 13.9. The Kier molecular flexibility index (Phi) is 5.87. The van der Waals surface area contributed by atoms with Crippen molar-refractivity contribution in [2.75, 3.05) is 13.1 Å². The van der Waals surface area contributed by atoms with Gasteiger partial charge in [-0.25, -0.2) is 4.79 Å². The van der Waals surface area contributed by atoms with E-state index in [4.69, 9.17) is 23.2 Å². The highest BCUT2D eigenvalue weighted by atomic mass is 35.5. The SMILES string of the molecule is C=CCNC(=O)NCCc1ccc(Cl)cc1Cl. The molecule has 0 aliphatic heterocycles. The van der Waals surface area contributed by atoms with E-state index in [1.54, 1.807) is 18.2 Å². The molecule has 2 amide bonds. The van der Waals surface area contributed by atoms with Gasteiger partial charge in [-0.1, -0.05) is 35.3 Å². The molecule has 0 atom stereocenters. The maximum absolute atomic E-state index is 11.2. The molecule has 0 heterocycles. The Labute approximate surface area is 111 Å². The molecule has 1 aromatic carbocycles. The number of urea groups is 1. The van der Waals surface area contributed by atoms with Crippen molar-refractivity contribution in [3.63, 3.8) is 0 Å². The Morgan fingerprint density at radius 3 is 2.76 bits per heavy atom. The van der Waals surface area contributed by atoms with E-state index in [0.717, 1.165) is 5.56 Å². The van der Waals surface area contributed by atoms with Gasteiger partial charge in [0.25, 0.3) is 0 Å². The fourth-order valence-corrected chi connectivity index (χ4v) is 1.77. The smallest absolute Gasteiger partial charge is 0.315 e. The predicted octanol–water partition coefficient (Wildman–Crippen LogP) is 3.02. The molecule has 0 aromatic heterocycles. The third-order valence-corrected chi connectivity index (χ3v) is 2.69. The maximum Gasteiger partial charge on any atom is 0.315 e. The van der Waals surface area contributed by atoms with Crippen LogP contribution in [0.5, 0.6) is 0 Å². The van der Waals surface area contributed by atoms with Crippen molar-refractivity contribution in [3.05, 3.63) is 46.5 Å². The molecule has 5 heteroatoms. The van der Waals surface area contributed by atoms with Crippen molar-refractivity contribution in [1.29, 1.82) is 0 Å². The molecule has 3 nitrogen and oxygen atoms in total. The molecule has 0 fully saturated rings. The van der Waals surface area contributed by atoms with Gasteiger partial charge in [0.05, 0.1) is 0 Å². The Morgan fingerprint density at radius 2 is 2.12 bits per heavy atom. The average molecular weight is 273 g/mol. The van der Waals surface area contributed by atoms with E-state index >= 15 is 0 Å². The van der Waals surface area contributed by atoms with Gasteiger partial charge in [-0.3, -0.25) is 0 Å². The summed E-state index contributed by atoms with van der Waals surface area (Å²) in [6.45, 7) is 4.48. The van der Waals surface area contributed by atoms with E-state index in [9.17, 15) is 4.79 Å². The zero-order valence-corrected chi connectivity index (χ0v) is 10.8. The summed E-state index contributed by atoms with van der Waals surface area (Å²) in [7, 11) is 0. The van der Waals surface area contributed by atoms with Crippen LogP contribution < -0.4 is 10.6 Å². The lowest BCUT2D eigenvalue weighted by Crippen LogP contribution is -2.36. The molecule has 0 saturated heterocycles. The first-order valence-electron chi connectivity index (χ1n) is 5.20. The number of hydrogen-bond acceptors (Lipinski definition) is 1. The van der Waals surface area contributed by atoms with Crippen LogP contribution in [-0.4, -0.2) is 19.1 Å². The van der Waals surface area contributed by atoms with Crippen LogP contribution in [0, 0.1) is 0 Å². The molecule has 92 valence electrons. The van der Waals surface area contributed by atoms with E-state index in [1.807, 2.05) is 6.07 Å². The van der Waals surface area contributed by atoms with Crippen LogP contribution in [-0.2, 0) is 6.42 Å². The number of carbonyl (C=O) groups is 1. The highest BCUT2D eigenvalue weighted by molar-refractivity contribution is 6.35. The number of rotatable bonds is 5.